The average Bonchev–Trinajstić information content (AvgIpc) is 2.70. The molecule has 0 aliphatic heterocycles. The molecule has 0 aromatic carbocycles. The van der Waals surface area contributed by atoms with E-state index >= 15 is 0 Å². The maximum absolute atomic E-state index is 9.04. The first kappa shape index (κ1) is 16.6. The van der Waals surface area contributed by atoms with Gasteiger partial charge in [0.1, 0.15) is 21.6 Å². The molecule has 0 atom stereocenters. The topological polar surface area (TPSA) is 80.3 Å². The lowest BCUT2D eigenvalue weighted by molar-refractivity contribution is 0.192. The van der Waals surface area contributed by atoms with E-state index in [-0.39, 0.29) is 6.10 Å². The third kappa shape index (κ3) is 4.91. The van der Waals surface area contributed by atoms with E-state index in [1.165, 1.54) is 11.3 Å². The van der Waals surface area contributed by atoms with Crippen molar-refractivity contribution in [1.29, 1.82) is 5.26 Å². The van der Waals surface area contributed by atoms with E-state index in [4.69, 9.17) is 20.5 Å². The van der Waals surface area contributed by atoms with Crippen LogP contribution >= 0.6 is 11.3 Å². The first-order chi connectivity index (χ1) is 9.60. The van der Waals surface area contributed by atoms with Crippen LogP contribution in [0.15, 0.2) is 0 Å². The van der Waals surface area contributed by atoms with Crippen LogP contribution in [0.25, 0.3) is 0 Å². The van der Waals surface area contributed by atoms with E-state index in [0.717, 1.165) is 37.4 Å². The number of hydrogen-bond donors (Lipinski definition) is 2. The maximum atomic E-state index is 9.04. The normalized spacial score (nSPS) is 10.6. The van der Waals surface area contributed by atoms with Crippen LogP contribution in [0.1, 0.15) is 38.0 Å². The zero-order valence-corrected chi connectivity index (χ0v) is 13.2. The molecule has 0 unspecified atom stereocenters. The van der Waals surface area contributed by atoms with E-state index in [1.807, 2.05) is 13.8 Å². The fourth-order valence-corrected chi connectivity index (χ4v) is 2.61. The summed E-state index contributed by atoms with van der Waals surface area (Å²) in [6.07, 6.45) is 3.24. The van der Waals surface area contributed by atoms with E-state index in [0.29, 0.717) is 16.3 Å². The Kier molecular flexibility index (Phi) is 7.20. The molecule has 5 nitrogen and oxygen atoms in total. The molecule has 112 valence electrons. The Hall–Kier alpha value is -1.45. The van der Waals surface area contributed by atoms with E-state index in [9.17, 15) is 0 Å². The molecule has 0 amide bonds. The number of nitrogen functional groups attached to an aromatic ring is 1. The van der Waals surface area contributed by atoms with Crippen LogP contribution in [0.3, 0.4) is 0 Å². The second kappa shape index (κ2) is 8.67. The summed E-state index contributed by atoms with van der Waals surface area (Å²) in [4.78, 5) is 0.502. The highest BCUT2D eigenvalue weighted by atomic mass is 32.1. The Morgan fingerprint density at radius 3 is 2.70 bits per heavy atom. The van der Waals surface area contributed by atoms with Gasteiger partial charge in [0.05, 0.1) is 6.10 Å². The summed E-state index contributed by atoms with van der Waals surface area (Å²) in [5, 5.41) is 13.2. The smallest absolute Gasteiger partial charge is 0.178 e. The number of anilines is 2. The van der Waals surface area contributed by atoms with E-state index in [1.54, 1.807) is 7.11 Å². The SMILES string of the molecule is COCCCCCNc1sc(C#N)c(N)c1OC(C)C. The van der Waals surface area contributed by atoms with Crippen molar-refractivity contribution in [3.63, 3.8) is 0 Å². The van der Waals surface area contributed by atoms with Gasteiger partial charge in [0.15, 0.2) is 5.75 Å². The minimum absolute atomic E-state index is 0.0284. The molecule has 1 aromatic rings. The zero-order chi connectivity index (χ0) is 15.0. The van der Waals surface area contributed by atoms with E-state index < -0.39 is 0 Å². The van der Waals surface area contributed by atoms with Gasteiger partial charge < -0.3 is 20.5 Å². The highest BCUT2D eigenvalue weighted by molar-refractivity contribution is 7.17. The summed E-state index contributed by atoms with van der Waals surface area (Å²) < 4.78 is 10.7. The second-order valence-corrected chi connectivity index (χ2v) is 5.78. The highest BCUT2D eigenvalue weighted by Gasteiger charge is 2.18. The molecule has 1 rings (SSSR count). The summed E-state index contributed by atoms with van der Waals surface area (Å²) in [7, 11) is 1.71. The van der Waals surface area contributed by atoms with Gasteiger partial charge in [-0.05, 0) is 33.1 Å². The number of hydrogen-bond acceptors (Lipinski definition) is 6. The van der Waals surface area contributed by atoms with Gasteiger partial charge in [0.25, 0.3) is 0 Å². The van der Waals surface area contributed by atoms with Gasteiger partial charge in [-0.3, -0.25) is 0 Å². The molecule has 0 spiro atoms. The van der Waals surface area contributed by atoms with Gasteiger partial charge >= 0.3 is 0 Å². The van der Waals surface area contributed by atoms with Crippen LogP contribution in [-0.4, -0.2) is 26.4 Å². The number of methoxy groups -OCH3 is 1. The number of nitriles is 1. The highest BCUT2D eigenvalue weighted by Crippen LogP contribution is 2.42. The van der Waals surface area contributed by atoms with Crippen molar-refractivity contribution < 1.29 is 9.47 Å². The molecule has 0 aliphatic carbocycles. The molecule has 6 heteroatoms. The molecule has 0 radical (unpaired) electrons. The van der Waals surface area contributed by atoms with Crippen LogP contribution in [-0.2, 0) is 4.74 Å². The fourth-order valence-electron chi connectivity index (χ4n) is 1.73. The molecular formula is C14H23N3O2S. The average molecular weight is 297 g/mol. The predicted octanol–water partition coefficient (Wildman–Crippen LogP) is 3.22. The summed E-state index contributed by atoms with van der Waals surface area (Å²) >= 11 is 1.35. The number of nitrogens with zero attached hydrogens (tertiary/aromatic N) is 1. The van der Waals surface area contributed by atoms with Crippen LogP contribution in [0.5, 0.6) is 5.75 Å². The lowest BCUT2D eigenvalue weighted by Gasteiger charge is -2.12. The van der Waals surface area contributed by atoms with Gasteiger partial charge in [0, 0.05) is 20.3 Å². The molecular weight excluding hydrogens is 274 g/mol. The molecule has 0 fully saturated rings. The molecule has 0 saturated carbocycles. The molecule has 0 aliphatic rings. The van der Waals surface area contributed by atoms with Gasteiger partial charge in [-0.2, -0.15) is 5.26 Å². The summed E-state index contributed by atoms with van der Waals surface area (Å²) in [5.41, 5.74) is 6.38. The third-order valence-corrected chi connectivity index (χ3v) is 3.71. The summed E-state index contributed by atoms with van der Waals surface area (Å²) in [6, 6.07) is 2.10. The molecule has 1 aromatic heterocycles. The van der Waals surface area contributed by atoms with Crippen molar-refractivity contribution in [3.8, 4) is 11.8 Å². The Balaban J connectivity index is 2.57. The number of ether oxygens (including phenoxy) is 2. The molecule has 1 heterocycles. The summed E-state index contributed by atoms with van der Waals surface area (Å²) in [5.74, 6) is 0.610. The Labute approximate surface area is 124 Å². The van der Waals surface area contributed by atoms with Crippen molar-refractivity contribution in [3.05, 3.63) is 4.88 Å². The Bertz CT molecular complexity index is 452. The second-order valence-electron chi connectivity index (χ2n) is 4.76. The molecule has 3 N–H and O–H groups in total. The molecule has 0 saturated heterocycles. The third-order valence-electron chi connectivity index (χ3n) is 2.67. The van der Waals surface area contributed by atoms with Crippen molar-refractivity contribution in [2.75, 3.05) is 31.3 Å². The van der Waals surface area contributed by atoms with E-state index in [2.05, 4.69) is 11.4 Å². The Morgan fingerprint density at radius 2 is 2.10 bits per heavy atom. The molecule has 20 heavy (non-hydrogen) atoms. The van der Waals surface area contributed by atoms with Crippen LogP contribution in [0.4, 0.5) is 10.7 Å². The largest absolute Gasteiger partial charge is 0.486 e. The van der Waals surface area contributed by atoms with Gasteiger partial charge in [-0.1, -0.05) is 0 Å². The van der Waals surface area contributed by atoms with Gasteiger partial charge in [-0.25, -0.2) is 0 Å². The van der Waals surface area contributed by atoms with Crippen LogP contribution in [0.2, 0.25) is 0 Å². The predicted molar refractivity (Wildman–Crippen MR) is 83.4 cm³/mol. The fraction of sp³-hybridized carbons (Fsp3) is 0.643. The van der Waals surface area contributed by atoms with Crippen molar-refractivity contribution in [2.24, 2.45) is 0 Å². The van der Waals surface area contributed by atoms with Crippen molar-refractivity contribution >= 4 is 22.0 Å². The zero-order valence-electron chi connectivity index (χ0n) is 12.4. The first-order valence-electron chi connectivity index (χ1n) is 6.82. The van der Waals surface area contributed by atoms with Crippen molar-refractivity contribution in [1.82, 2.24) is 0 Å². The number of rotatable bonds is 9. The van der Waals surface area contributed by atoms with Crippen LogP contribution < -0.4 is 15.8 Å². The lowest BCUT2D eigenvalue weighted by Crippen LogP contribution is -2.09. The Morgan fingerprint density at radius 1 is 1.35 bits per heavy atom. The van der Waals surface area contributed by atoms with Crippen molar-refractivity contribution in [2.45, 2.75) is 39.2 Å². The minimum atomic E-state index is 0.0284. The lowest BCUT2D eigenvalue weighted by atomic mass is 10.2. The van der Waals surface area contributed by atoms with Gasteiger partial charge in [-0.15, -0.1) is 11.3 Å². The monoisotopic (exact) mass is 297 g/mol. The maximum Gasteiger partial charge on any atom is 0.178 e. The number of unbranched alkanes of at least 4 members (excludes halogenated alkanes) is 2. The number of nitrogens with two attached hydrogens (primary N) is 1. The quantitative estimate of drug-likeness (QED) is 0.684. The summed E-state index contributed by atoms with van der Waals surface area (Å²) in [6.45, 7) is 5.52. The molecule has 0 bridgehead atoms. The standard InChI is InChI=1S/C14H23N3O2S/c1-10(2)19-13-12(16)11(9-15)20-14(13)17-7-5-4-6-8-18-3/h10,17H,4-8,16H2,1-3H3. The number of thiophene rings is 1. The minimum Gasteiger partial charge on any atom is -0.486 e. The number of nitrogens with one attached hydrogen (secondary N) is 1. The van der Waals surface area contributed by atoms with Crippen LogP contribution in [0, 0.1) is 11.3 Å². The first-order valence-corrected chi connectivity index (χ1v) is 7.63. The van der Waals surface area contributed by atoms with Gasteiger partial charge in [0.2, 0.25) is 0 Å².